The lowest BCUT2D eigenvalue weighted by molar-refractivity contribution is 0.222. The van der Waals surface area contributed by atoms with Gasteiger partial charge in [-0.2, -0.15) is 10.2 Å². The van der Waals surface area contributed by atoms with Crippen molar-refractivity contribution in [3.05, 3.63) is 59.7 Å². The number of carbonyl (C=O) groups excluding carboxylic acids is 1. The average molecular weight is 352 g/mol. The van der Waals surface area contributed by atoms with Crippen LogP contribution in [0, 0.1) is 13.8 Å². The Bertz CT molecular complexity index is 849. The fourth-order valence-corrected chi connectivity index (χ4v) is 2.90. The molecule has 0 aliphatic rings. The van der Waals surface area contributed by atoms with Gasteiger partial charge in [0.15, 0.2) is 0 Å². The molecule has 136 valence electrons. The summed E-state index contributed by atoms with van der Waals surface area (Å²) in [7, 11) is 1.81. The van der Waals surface area contributed by atoms with Crippen LogP contribution in [-0.2, 0) is 6.42 Å². The van der Waals surface area contributed by atoms with E-state index >= 15 is 0 Å². The van der Waals surface area contributed by atoms with Crippen LogP contribution in [0.1, 0.15) is 23.4 Å². The van der Waals surface area contributed by atoms with Crippen LogP contribution in [0.5, 0.6) is 0 Å². The van der Waals surface area contributed by atoms with Gasteiger partial charge in [-0.1, -0.05) is 6.07 Å². The van der Waals surface area contributed by atoms with Crippen LogP contribution in [-0.4, -0.2) is 44.5 Å². The maximum absolute atomic E-state index is 12.4. The van der Waals surface area contributed by atoms with Gasteiger partial charge >= 0.3 is 6.03 Å². The Kier molecular flexibility index (Phi) is 5.36. The average Bonchev–Trinajstić information content (AvgIpc) is 3.27. The summed E-state index contributed by atoms with van der Waals surface area (Å²) in [6.07, 6.45) is 5.38. The lowest BCUT2D eigenvalue weighted by Gasteiger charge is -2.18. The molecule has 0 aliphatic heterocycles. The Morgan fingerprint density at radius 2 is 2.15 bits per heavy atom. The van der Waals surface area contributed by atoms with Crippen LogP contribution in [0.4, 0.5) is 10.5 Å². The Balaban J connectivity index is 1.53. The monoisotopic (exact) mass is 352 g/mol. The maximum Gasteiger partial charge on any atom is 0.321 e. The van der Waals surface area contributed by atoms with E-state index < -0.39 is 0 Å². The zero-order valence-electron chi connectivity index (χ0n) is 15.4. The van der Waals surface area contributed by atoms with Crippen LogP contribution in [0.25, 0.3) is 5.69 Å². The normalized spacial score (nSPS) is 10.7. The SMILES string of the molecule is Cc1n[nH]c(C)c1CCCN(C)C(=O)Nc1cccc(-n2cccn2)c1. The van der Waals surface area contributed by atoms with Crippen LogP contribution in [0.2, 0.25) is 0 Å². The first-order chi connectivity index (χ1) is 12.5. The van der Waals surface area contributed by atoms with Crippen LogP contribution in [0.3, 0.4) is 0 Å². The summed E-state index contributed by atoms with van der Waals surface area (Å²) in [5.74, 6) is 0. The van der Waals surface area contributed by atoms with Gasteiger partial charge in [0.05, 0.1) is 11.4 Å². The molecule has 2 aromatic heterocycles. The van der Waals surface area contributed by atoms with Crippen molar-refractivity contribution in [3.8, 4) is 5.69 Å². The molecule has 3 rings (SSSR count). The molecule has 0 aliphatic carbocycles. The van der Waals surface area contributed by atoms with Crippen molar-refractivity contribution < 1.29 is 4.79 Å². The van der Waals surface area contributed by atoms with Crippen molar-refractivity contribution in [2.45, 2.75) is 26.7 Å². The standard InChI is InChI=1S/C19H24N6O/c1-14-18(15(2)23-22-14)9-5-11-24(3)19(26)21-16-7-4-8-17(13-16)25-12-6-10-20-25/h4,6-8,10,12-13H,5,9,11H2,1-3H3,(H,21,26)(H,22,23). The molecule has 7 heteroatoms. The molecule has 0 saturated carbocycles. The van der Waals surface area contributed by atoms with Gasteiger partial charge in [-0.15, -0.1) is 0 Å². The molecule has 0 fully saturated rings. The third-order valence-corrected chi connectivity index (χ3v) is 4.41. The van der Waals surface area contributed by atoms with Crippen LogP contribution in [0.15, 0.2) is 42.7 Å². The second kappa shape index (κ2) is 7.86. The van der Waals surface area contributed by atoms with Crippen molar-refractivity contribution in [2.75, 3.05) is 18.9 Å². The third kappa shape index (κ3) is 4.11. The molecule has 2 heterocycles. The summed E-state index contributed by atoms with van der Waals surface area (Å²) in [6.45, 7) is 4.70. The highest BCUT2D eigenvalue weighted by Gasteiger charge is 2.11. The number of anilines is 1. The number of hydrogen-bond donors (Lipinski definition) is 2. The number of amides is 2. The third-order valence-electron chi connectivity index (χ3n) is 4.41. The molecule has 1 aromatic carbocycles. The molecule has 0 radical (unpaired) electrons. The highest BCUT2D eigenvalue weighted by atomic mass is 16.2. The first-order valence-corrected chi connectivity index (χ1v) is 8.67. The first-order valence-electron chi connectivity index (χ1n) is 8.67. The number of aryl methyl sites for hydroxylation is 2. The second-order valence-electron chi connectivity index (χ2n) is 6.37. The Morgan fingerprint density at radius 1 is 1.31 bits per heavy atom. The lowest BCUT2D eigenvalue weighted by atomic mass is 10.1. The fourth-order valence-electron chi connectivity index (χ4n) is 2.90. The summed E-state index contributed by atoms with van der Waals surface area (Å²) in [5, 5.41) is 14.4. The van der Waals surface area contributed by atoms with Gasteiger partial charge in [-0.25, -0.2) is 9.48 Å². The number of benzene rings is 1. The molecule has 3 aromatic rings. The largest absolute Gasteiger partial charge is 0.328 e. The molecule has 7 nitrogen and oxygen atoms in total. The highest BCUT2D eigenvalue weighted by molar-refractivity contribution is 5.89. The topological polar surface area (TPSA) is 78.8 Å². The predicted octanol–water partition coefficient (Wildman–Crippen LogP) is 3.31. The smallest absolute Gasteiger partial charge is 0.321 e. The highest BCUT2D eigenvalue weighted by Crippen LogP contribution is 2.15. The predicted molar refractivity (Wildman–Crippen MR) is 102 cm³/mol. The molecular formula is C19H24N6O. The number of hydrogen-bond acceptors (Lipinski definition) is 3. The maximum atomic E-state index is 12.4. The number of nitrogens with one attached hydrogen (secondary N) is 2. The Hall–Kier alpha value is -3.09. The fraction of sp³-hybridized carbons (Fsp3) is 0.316. The second-order valence-corrected chi connectivity index (χ2v) is 6.37. The number of urea groups is 1. The molecule has 0 atom stereocenters. The van der Waals surface area contributed by atoms with Crippen LogP contribution < -0.4 is 5.32 Å². The van der Waals surface area contributed by atoms with E-state index in [0.717, 1.165) is 35.6 Å². The molecule has 0 saturated heterocycles. The summed E-state index contributed by atoms with van der Waals surface area (Å²) in [5.41, 5.74) is 5.03. The summed E-state index contributed by atoms with van der Waals surface area (Å²) in [6, 6.07) is 9.36. The van der Waals surface area contributed by atoms with Crippen molar-refractivity contribution in [1.82, 2.24) is 24.9 Å². The number of aromatic nitrogens is 4. The molecule has 2 amide bonds. The van der Waals surface area contributed by atoms with E-state index in [0.29, 0.717) is 6.54 Å². The molecule has 0 bridgehead atoms. The van der Waals surface area contributed by atoms with Gasteiger partial charge in [0.2, 0.25) is 0 Å². The number of nitrogens with zero attached hydrogens (tertiary/aromatic N) is 4. The number of H-pyrrole nitrogens is 1. The van der Waals surface area contributed by atoms with E-state index in [4.69, 9.17) is 0 Å². The lowest BCUT2D eigenvalue weighted by Crippen LogP contribution is -2.32. The van der Waals surface area contributed by atoms with E-state index in [2.05, 4.69) is 20.6 Å². The minimum absolute atomic E-state index is 0.122. The van der Waals surface area contributed by atoms with Crippen molar-refractivity contribution in [1.29, 1.82) is 0 Å². The van der Waals surface area contributed by atoms with Gasteiger partial charge in [-0.3, -0.25) is 5.10 Å². The van der Waals surface area contributed by atoms with Gasteiger partial charge in [-0.05, 0) is 56.5 Å². The number of aromatic amines is 1. The van der Waals surface area contributed by atoms with E-state index in [-0.39, 0.29) is 6.03 Å². The quantitative estimate of drug-likeness (QED) is 0.714. The molecule has 2 N–H and O–H groups in total. The Morgan fingerprint density at radius 3 is 2.85 bits per heavy atom. The van der Waals surface area contributed by atoms with Crippen molar-refractivity contribution in [2.24, 2.45) is 0 Å². The van der Waals surface area contributed by atoms with Gasteiger partial charge in [0, 0.05) is 37.4 Å². The Labute approximate surface area is 153 Å². The van der Waals surface area contributed by atoms with E-state index in [1.54, 1.807) is 15.8 Å². The number of rotatable bonds is 6. The van der Waals surface area contributed by atoms with Crippen molar-refractivity contribution >= 4 is 11.7 Å². The van der Waals surface area contributed by atoms with E-state index in [9.17, 15) is 4.79 Å². The van der Waals surface area contributed by atoms with Gasteiger partial charge < -0.3 is 10.2 Å². The van der Waals surface area contributed by atoms with Gasteiger partial charge in [0.25, 0.3) is 0 Å². The van der Waals surface area contributed by atoms with Crippen molar-refractivity contribution in [3.63, 3.8) is 0 Å². The van der Waals surface area contributed by atoms with Crippen LogP contribution >= 0.6 is 0 Å². The summed E-state index contributed by atoms with van der Waals surface area (Å²) in [4.78, 5) is 14.1. The minimum atomic E-state index is -0.122. The molecule has 0 spiro atoms. The number of carbonyl (C=O) groups is 1. The molecule has 26 heavy (non-hydrogen) atoms. The summed E-state index contributed by atoms with van der Waals surface area (Å²) >= 11 is 0. The molecular weight excluding hydrogens is 328 g/mol. The van der Waals surface area contributed by atoms with E-state index in [1.165, 1.54) is 5.56 Å². The summed E-state index contributed by atoms with van der Waals surface area (Å²) < 4.78 is 1.76. The first kappa shape index (κ1) is 17.7. The zero-order valence-corrected chi connectivity index (χ0v) is 15.4. The minimum Gasteiger partial charge on any atom is -0.328 e. The molecule has 0 unspecified atom stereocenters. The zero-order chi connectivity index (χ0) is 18.5. The van der Waals surface area contributed by atoms with Gasteiger partial charge in [0.1, 0.15) is 0 Å². The van der Waals surface area contributed by atoms with E-state index in [1.807, 2.05) is 57.4 Å².